The van der Waals surface area contributed by atoms with E-state index in [1.54, 1.807) is 23.5 Å². The molecular formula is C95H192N4O11S3. The first-order chi connectivity index (χ1) is 48.3. The van der Waals surface area contributed by atoms with Gasteiger partial charge in [0, 0.05) is 102 Å². The predicted molar refractivity (Wildman–Crippen MR) is 501 cm³/mol. The van der Waals surface area contributed by atoms with E-state index in [0.29, 0.717) is 82.7 Å². The highest BCUT2D eigenvalue weighted by Gasteiger charge is 2.34. The Morgan fingerprint density at radius 2 is 0.611 bits per heavy atom. The molecule has 0 saturated heterocycles. The number of hydrogen-bond donors (Lipinski definition) is 3. The van der Waals surface area contributed by atoms with Crippen molar-refractivity contribution in [3.8, 4) is 0 Å². The molecule has 0 fully saturated rings. The first kappa shape index (κ1) is 128. The van der Waals surface area contributed by atoms with Gasteiger partial charge in [0.25, 0.3) is 0 Å². The van der Waals surface area contributed by atoms with Crippen LogP contribution in [0.2, 0.25) is 0 Å². The second kappa shape index (κ2) is 51.5. The van der Waals surface area contributed by atoms with Gasteiger partial charge in [0.15, 0.2) is 5.78 Å². The van der Waals surface area contributed by atoms with Gasteiger partial charge < -0.3 is 16.0 Å². The second-order valence-electron chi connectivity index (χ2n) is 50.5. The van der Waals surface area contributed by atoms with Crippen LogP contribution in [0, 0.1) is 75.1 Å². The van der Waals surface area contributed by atoms with Crippen molar-refractivity contribution in [3.63, 3.8) is 0 Å². The number of nitrogens with zero attached hydrogens (tertiary/aromatic N) is 1. The van der Waals surface area contributed by atoms with Crippen LogP contribution in [-0.2, 0) is 38.4 Å². The number of amides is 3. The summed E-state index contributed by atoms with van der Waals surface area (Å²) in [6.45, 7) is 111. The van der Waals surface area contributed by atoms with Crippen LogP contribution in [-0.4, -0.2) is 112 Å². The molecule has 0 aliphatic heterocycles. The Hall–Kier alpha value is -3.12. The fourth-order valence-corrected chi connectivity index (χ4v) is 12.9. The Morgan fingerprint density at radius 1 is 0.327 bits per heavy atom. The smallest absolute Gasteiger partial charge is 0.315 e. The molecule has 676 valence electrons. The van der Waals surface area contributed by atoms with Crippen molar-refractivity contribution in [1.82, 2.24) is 16.0 Å². The average molecular weight is 1660 g/mol. The zero-order chi connectivity index (χ0) is 93.8. The van der Waals surface area contributed by atoms with E-state index in [0.717, 1.165) is 19.3 Å². The van der Waals surface area contributed by atoms with Gasteiger partial charge in [0.2, 0.25) is 12.5 Å². The van der Waals surface area contributed by atoms with E-state index in [-0.39, 0.29) is 128 Å². The van der Waals surface area contributed by atoms with Gasteiger partial charge in [-0.25, -0.2) is 4.79 Å². The zero-order valence-corrected chi connectivity index (χ0v) is 87.4. The summed E-state index contributed by atoms with van der Waals surface area (Å²) in [5.74, 6) is 2.31. The van der Waals surface area contributed by atoms with Gasteiger partial charge in [0.05, 0.1) is 24.0 Å². The largest absolute Gasteiger partial charge is 0.351 e. The van der Waals surface area contributed by atoms with Crippen molar-refractivity contribution in [1.29, 1.82) is 0 Å². The number of hydrogen-bond acceptors (Lipinski definition) is 14. The summed E-state index contributed by atoms with van der Waals surface area (Å²) in [4.78, 5) is 113. The maximum absolute atomic E-state index is 11.5. The minimum atomic E-state index is -0.435. The molecule has 1 unspecified atom stereocenters. The number of nitrogens with one attached hydrogen (secondary N) is 3. The van der Waals surface area contributed by atoms with Crippen molar-refractivity contribution >= 4 is 87.7 Å². The molecule has 0 aromatic rings. The standard InChI is InChI=1S/C12H24O.C11H22N2O2.C11H21NO2.3C11H22O.C10H21NO2S.C10H20OS.C8H18S/c1-11(2,3)8-7-10(13)9-12(4,5)6;1-10(2,3)8(14)7-12-9(15)13-11(4,5)6;1-10(2,3)8(13)7-9(14)12-11(4,5)6;2*1-10(2,3)7-9(12)8-11(4,5)6;1-10(2,3)8-7-9(12)11(4,5)6;1-9(2,3)8(7-11(12)13)14-10(4,5)6;1-9(2,3)8(11)7-12-10(4,5)6;1-7(2,3)9-8(4,5)6/h7-9H2,1-6H3;7H2,1-6H3,(H2,12,13,15);7H2,1-6H3,(H,12,14);3*7-8H2,1-6H3;8H,7H2,1-6H3;7H2,1-6H3;1-6H3. The van der Waals surface area contributed by atoms with Crippen LogP contribution < -0.4 is 16.0 Å². The molecule has 18 heteroatoms. The van der Waals surface area contributed by atoms with Crippen molar-refractivity contribution in [2.45, 2.75) is 473 Å². The Morgan fingerprint density at radius 3 is 0.823 bits per heavy atom. The Kier molecular flexibility index (Phi) is 58.3. The molecule has 0 rings (SSSR count). The first-order valence-corrected chi connectivity index (χ1v) is 44.2. The third kappa shape index (κ3) is 115. The third-order valence-electron chi connectivity index (χ3n) is 14.0. The highest BCUT2D eigenvalue weighted by Crippen LogP contribution is 2.39. The molecule has 15 nitrogen and oxygen atoms in total. The Balaban J connectivity index is -0.000000154. The van der Waals surface area contributed by atoms with Crippen LogP contribution >= 0.6 is 35.3 Å². The number of rotatable bonds is 18. The normalized spacial score (nSPS) is 13.3. The maximum atomic E-state index is 11.5. The molecule has 0 saturated carbocycles. The summed E-state index contributed by atoms with van der Waals surface area (Å²) in [7, 11) is 0. The van der Waals surface area contributed by atoms with Crippen molar-refractivity contribution in [2.75, 3.05) is 18.8 Å². The van der Waals surface area contributed by atoms with Crippen LogP contribution in [0.4, 0.5) is 4.79 Å². The maximum Gasteiger partial charge on any atom is 0.315 e. The number of carbonyl (C=O) groups excluding carboxylic acids is 9. The van der Waals surface area contributed by atoms with Gasteiger partial charge in [-0.05, 0) is 97.7 Å². The first-order valence-electron chi connectivity index (χ1n) is 41.5. The fraction of sp³-hybridized carbons (Fsp3) is 0.905. The third-order valence-corrected chi connectivity index (χ3v) is 18.3. The zero-order valence-electron chi connectivity index (χ0n) is 84.9. The molecule has 113 heavy (non-hydrogen) atoms. The summed E-state index contributed by atoms with van der Waals surface area (Å²) in [5, 5.41) is 18.6. The van der Waals surface area contributed by atoms with E-state index in [4.69, 9.17) is 0 Å². The van der Waals surface area contributed by atoms with E-state index >= 15 is 0 Å². The fourth-order valence-electron chi connectivity index (χ4n) is 8.70. The van der Waals surface area contributed by atoms with Crippen molar-refractivity contribution < 1.29 is 48.1 Å². The van der Waals surface area contributed by atoms with Gasteiger partial charge in [-0.1, -0.05) is 332 Å². The lowest BCUT2D eigenvalue weighted by molar-refractivity contribution is -0.481. The number of urea groups is 1. The highest BCUT2D eigenvalue weighted by molar-refractivity contribution is 8.02. The van der Waals surface area contributed by atoms with Crippen LogP contribution in [0.25, 0.3) is 0 Å². The molecule has 0 spiro atoms. The minimum absolute atomic E-state index is 0.0200. The van der Waals surface area contributed by atoms with E-state index in [9.17, 15) is 53.3 Å². The minimum Gasteiger partial charge on any atom is -0.351 e. The van der Waals surface area contributed by atoms with E-state index in [1.165, 1.54) is 0 Å². The molecule has 3 N–H and O–H groups in total. The van der Waals surface area contributed by atoms with Crippen molar-refractivity contribution in [2.24, 2.45) is 65.0 Å². The predicted octanol–water partition coefficient (Wildman–Crippen LogP) is 27.4. The van der Waals surface area contributed by atoms with Crippen LogP contribution in [0.1, 0.15) is 438 Å². The molecule has 0 radical (unpaired) electrons. The lowest BCUT2D eigenvalue weighted by Crippen LogP contribution is -2.48. The Bertz CT molecular complexity index is 2630. The summed E-state index contributed by atoms with van der Waals surface area (Å²) >= 11 is 5.43. The number of nitro groups is 1. The molecule has 0 aromatic heterocycles. The SMILES string of the molecule is CC(C)(C)CC(=O)CC(C)(C)C.CC(C)(C)CC(=O)CC(C)(C)C.CC(C)(C)CCC(=O)C(C)(C)C.CC(C)(C)CCC(=O)CC(C)(C)C.CC(C)(C)NC(=O)CC(=O)C(C)(C)C.CC(C)(C)NC(=O)NCC(=O)C(C)(C)C.CC(C)(C)SC(C)(C)C.CC(C)(C)SC(C[N+](=O)[O-])C(C)(C)C.CC(C)(C)SCC(=O)C(C)(C)C. The van der Waals surface area contributed by atoms with Crippen molar-refractivity contribution in [3.05, 3.63) is 10.1 Å². The molecule has 0 aromatic carbocycles. The molecule has 0 aliphatic carbocycles. The quantitative estimate of drug-likeness (QED) is 0.0658. The van der Waals surface area contributed by atoms with E-state index in [2.05, 4.69) is 265 Å². The summed E-state index contributed by atoms with van der Waals surface area (Å²) in [5.41, 5.74) is -0.485. The topological polar surface area (TPSA) is 233 Å². The summed E-state index contributed by atoms with van der Waals surface area (Å²) in [6.07, 6.45) is 6.92. The van der Waals surface area contributed by atoms with Gasteiger partial charge in [-0.3, -0.25) is 48.5 Å². The number of ketones is 7. The van der Waals surface area contributed by atoms with Crippen LogP contribution in [0.5, 0.6) is 0 Å². The monoisotopic (exact) mass is 1660 g/mol. The number of thioether (sulfide) groups is 3. The van der Waals surface area contributed by atoms with Crippen LogP contribution in [0.3, 0.4) is 0 Å². The average Bonchev–Trinajstić information content (AvgIpc) is 0.831. The molecule has 0 aliphatic rings. The van der Waals surface area contributed by atoms with Gasteiger partial charge in [-0.2, -0.15) is 11.8 Å². The second-order valence-corrected chi connectivity index (χ2v) is 57.0. The van der Waals surface area contributed by atoms with E-state index < -0.39 is 10.8 Å². The lowest BCUT2D eigenvalue weighted by atomic mass is 9.83. The van der Waals surface area contributed by atoms with Gasteiger partial charge >= 0.3 is 6.03 Å². The van der Waals surface area contributed by atoms with E-state index in [1.807, 2.05) is 136 Å². The van der Waals surface area contributed by atoms with Gasteiger partial charge in [0.1, 0.15) is 34.7 Å². The molecule has 1 atom stereocenters. The molecule has 0 bridgehead atoms. The van der Waals surface area contributed by atoms with Crippen LogP contribution in [0.15, 0.2) is 0 Å². The molecule has 0 heterocycles. The summed E-state index contributed by atoms with van der Waals surface area (Å²) < 4.78 is 1.07. The molecule has 3 amide bonds. The highest BCUT2D eigenvalue weighted by atomic mass is 32.2. The van der Waals surface area contributed by atoms with Gasteiger partial charge in [-0.15, -0.1) is 23.5 Å². The number of Topliss-reactive ketones (excluding diaryl/α,β-unsaturated/α-hetero) is 7. The Labute approximate surface area is 714 Å². The number of carbonyl (C=O) groups is 9. The summed E-state index contributed by atoms with van der Waals surface area (Å²) in [6, 6.07) is -0.305. The lowest BCUT2D eigenvalue weighted by Gasteiger charge is -2.32. The molecular weight excluding hydrogens is 1470 g/mol.